The molecule has 2 aliphatic rings. The van der Waals surface area contributed by atoms with Gasteiger partial charge in [-0.2, -0.15) is 13.2 Å². The van der Waals surface area contributed by atoms with Crippen LogP contribution in [-0.4, -0.2) is 47.5 Å². The number of amides is 2. The summed E-state index contributed by atoms with van der Waals surface area (Å²) < 4.78 is 42.8. The van der Waals surface area contributed by atoms with E-state index in [1.807, 2.05) is 0 Å². The number of nitrogens with two attached hydrogens (primary N) is 1. The van der Waals surface area contributed by atoms with Crippen molar-refractivity contribution in [1.82, 2.24) is 4.90 Å². The van der Waals surface area contributed by atoms with Crippen LogP contribution in [0.1, 0.15) is 53.7 Å². The Bertz CT molecular complexity index is 1220. The number of carbonyl (C=O) groups excluding carboxylic acids is 2. The van der Waals surface area contributed by atoms with Gasteiger partial charge >= 0.3 is 6.18 Å². The molecule has 2 aromatic carbocycles. The lowest BCUT2D eigenvalue weighted by molar-refractivity contribution is -0.142. The van der Waals surface area contributed by atoms with E-state index in [9.17, 15) is 27.9 Å². The second kappa shape index (κ2) is 10.6. The highest BCUT2D eigenvalue weighted by Crippen LogP contribution is 2.52. The largest absolute Gasteiger partial charge is 0.416 e. The van der Waals surface area contributed by atoms with Gasteiger partial charge in [-0.15, -0.1) is 12.4 Å². The molecule has 1 unspecified atom stereocenters. The normalized spacial score (nSPS) is 23.1. The van der Waals surface area contributed by atoms with Gasteiger partial charge in [0, 0.05) is 39.3 Å². The summed E-state index contributed by atoms with van der Waals surface area (Å²) >= 11 is 12.2. The third kappa shape index (κ3) is 5.04. The van der Waals surface area contributed by atoms with Crippen molar-refractivity contribution in [3.05, 3.63) is 62.6 Å². The Hall–Kier alpha value is -2.04. The van der Waals surface area contributed by atoms with Crippen LogP contribution >= 0.6 is 35.6 Å². The molecule has 6 nitrogen and oxygen atoms in total. The Morgan fingerprint density at radius 1 is 1.19 bits per heavy atom. The zero-order valence-electron chi connectivity index (χ0n) is 20.1. The molecule has 0 radical (unpaired) electrons. The van der Waals surface area contributed by atoms with Crippen molar-refractivity contribution in [2.75, 3.05) is 24.5 Å². The number of carbonyl (C=O) groups is 2. The average Bonchev–Trinajstić information content (AvgIpc) is 2.98. The van der Waals surface area contributed by atoms with Gasteiger partial charge in [-0.1, -0.05) is 43.1 Å². The molecule has 1 aliphatic heterocycles. The summed E-state index contributed by atoms with van der Waals surface area (Å²) in [7, 11) is 0. The predicted octanol–water partition coefficient (Wildman–Crippen LogP) is 5.24. The van der Waals surface area contributed by atoms with Crippen LogP contribution in [-0.2, 0) is 16.6 Å². The Morgan fingerprint density at radius 3 is 2.32 bits per heavy atom. The van der Waals surface area contributed by atoms with E-state index < -0.39 is 40.3 Å². The summed E-state index contributed by atoms with van der Waals surface area (Å²) in [4.78, 5) is 29.1. The van der Waals surface area contributed by atoms with Gasteiger partial charge in [0.15, 0.2) is 5.60 Å². The van der Waals surface area contributed by atoms with Crippen LogP contribution in [0.2, 0.25) is 10.0 Å². The molecule has 0 spiro atoms. The number of primary amides is 1. The molecule has 1 fully saturated rings. The highest BCUT2D eigenvalue weighted by Gasteiger charge is 2.57. The van der Waals surface area contributed by atoms with Crippen molar-refractivity contribution in [3.63, 3.8) is 0 Å². The highest BCUT2D eigenvalue weighted by molar-refractivity contribution is 6.35. The first-order chi connectivity index (χ1) is 16.8. The van der Waals surface area contributed by atoms with Gasteiger partial charge in [0.1, 0.15) is 0 Å². The van der Waals surface area contributed by atoms with E-state index in [1.54, 1.807) is 0 Å². The van der Waals surface area contributed by atoms with E-state index in [-0.39, 0.29) is 46.2 Å². The molecule has 1 atom stereocenters. The van der Waals surface area contributed by atoms with Crippen LogP contribution in [0.3, 0.4) is 0 Å². The second-order valence-electron chi connectivity index (χ2n) is 9.24. The maximum absolute atomic E-state index is 14.3. The number of hydrogen-bond donors (Lipinski definition) is 2. The van der Waals surface area contributed by atoms with E-state index in [4.69, 9.17) is 28.9 Å². The van der Waals surface area contributed by atoms with Crippen LogP contribution in [0.15, 0.2) is 30.3 Å². The van der Waals surface area contributed by atoms with E-state index >= 15 is 0 Å². The van der Waals surface area contributed by atoms with Crippen molar-refractivity contribution >= 4 is 53.1 Å². The van der Waals surface area contributed by atoms with E-state index in [2.05, 4.69) is 18.7 Å². The molecule has 202 valence electrons. The zero-order valence-corrected chi connectivity index (χ0v) is 22.4. The second-order valence-corrected chi connectivity index (χ2v) is 10.1. The minimum Gasteiger partial charge on any atom is -0.372 e. The highest BCUT2D eigenvalue weighted by atomic mass is 35.5. The lowest BCUT2D eigenvalue weighted by atomic mass is 9.78. The number of alkyl halides is 3. The van der Waals surface area contributed by atoms with Crippen LogP contribution in [0.25, 0.3) is 0 Å². The van der Waals surface area contributed by atoms with Gasteiger partial charge in [-0.3, -0.25) is 9.59 Å². The number of anilines is 1. The van der Waals surface area contributed by atoms with Crippen molar-refractivity contribution in [3.8, 4) is 0 Å². The Morgan fingerprint density at radius 2 is 1.81 bits per heavy atom. The lowest BCUT2D eigenvalue weighted by Gasteiger charge is -2.43. The smallest absolute Gasteiger partial charge is 0.372 e. The van der Waals surface area contributed by atoms with Gasteiger partial charge in [-0.25, -0.2) is 0 Å². The molecular formula is C25H27Cl3F3N3O3. The number of hydrogen-bond acceptors (Lipinski definition) is 4. The van der Waals surface area contributed by atoms with Gasteiger partial charge < -0.3 is 20.6 Å². The number of fused-ring (bicyclic) bond motifs is 1. The van der Waals surface area contributed by atoms with Crippen LogP contribution < -0.4 is 10.6 Å². The summed E-state index contributed by atoms with van der Waals surface area (Å²) in [5, 5.41) is 11.8. The maximum atomic E-state index is 14.3. The molecule has 1 saturated carbocycles. The number of nitrogens with zero attached hydrogens (tertiary/aromatic N) is 2. The van der Waals surface area contributed by atoms with Crippen molar-refractivity contribution in [2.45, 2.75) is 44.5 Å². The summed E-state index contributed by atoms with van der Waals surface area (Å²) in [5.41, 5.74) is -0.257. The average molecular weight is 581 g/mol. The lowest BCUT2D eigenvalue weighted by Crippen LogP contribution is -2.50. The molecule has 0 aromatic heterocycles. The predicted molar refractivity (Wildman–Crippen MR) is 138 cm³/mol. The van der Waals surface area contributed by atoms with Crippen molar-refractivity contribution < 1.29 is 27.9 Å². The van der Waals surface area contributed by atoms with Gasteiger partial charge in [-0.05, 0) is 56.1 Å². The Kier molecular flexibility index (Phi) is 8.47. The molecule has 1 heterocycles. The van der Waals surface area contributed by atoms with Crippen LogP contribution in [0.4, 0.5) is 18.9 Å². The van der Waals surface area contributed by atoms with Gasteiger partial charge in [0.05, 0.1) is 11.3 Å². The molecule has 37 heavy (non-hydrogen) atoms. The molecule has 2 aromatic rings. The van der Waals surface area contributed by atoms with Crippen molar-refractivity contribution in [1.29, 1.82) is 0 Å². The summed E-state index contributed by atoms with van der Waals surface area (Å²) in [6.45, 7) is 5.92. The fourth-order valence-electron chi connectivity index (χ4n) is 5.36. The molecule has 0 bridgehead atoms. The number of halogens is 6. The molecule has 3 N–H and O–H groups in total. The van der Waals surface area contributed by atoms with Gasteiger partial charge in [0.25, 0.3) is 5.91 Å². The first-order valence-electron chi connectivity index (χ1n) is 11.6. The zero-order chi connectivity index (χ0) is 26.6. The first kappa shape index (κ1) is 29.5. The van der Waals surface area contributed by atoms with Crippen molar-refractivity contribution in [2.24, 2.45) is 11.7 Å². The third-order valence-electron chi connectivity index (χ3n) is 7.22. The Labute approximate surface area is 228 Å². The van der Waals surface area contributed by atoms with Crippen LogP contribution in [0.5, 0.6) is 0 Å². The topological polar surface area (TPSA) is 86.9 Å². The number of rotatable bonds is 7. The van der Waals surface area contributed by atoms with E-state index in [0.717, 1.165) is 36.9 Å². The monoisotopic (exact) mass is 579 g/mol. The molecule has 1 aliphatic carbocycles. The minimum atomic E-state index is -5.00. The number of benzene rings is 2. The molecule has 4 rings (SSSR count). The van der Waals surface area contributed by atoms with E-state index in [1.165, 1.54) is 18.2 Å². The summed E-state index contributed by atoms with van der Waals surface area (Å²) in [6.07, 6.45) is -3.49. The van der Waals surface area contributed by atoms with E-state index in [0.29, 0.717) is 12.1 Å². The summed E-state index contributed by atoms with van der Waals surface area (Å²) in [5.74, 6) is -2.05. The SMILES string of the molecule is CCN(CC)C1CC(CN2C(=O)C(O)(c3ccc(Cl)cc3Cl)c3c2cc(C(N)=O)cc3C(F)(F)F)C1.Cl. The molecule has 0 saturated heterocycles. The molecule has 12 heteroatoms. The molecular weight excluding hydrogens is 554 g/mol. The summed E-state index contributed by atoms with van der Waals surface area (Å²) in [6, 6.07) is 5.83. The number of aliphatic hydroxyl groups is 1. The Balaban J connectivity index is 0.00000380. The van der Waals surface area contributed by atoms with Gasteiger partial charge in [0.2, 0.25) is 5.91 Å². The minimum absolute atomic E-state index is 0. The standard InChI is InChI=1S/C25H26Cl2F3N3O3.ClH/c1-3-32(4-2)16-7-13(8-16)12-33-20-10-14(22(31)34)9-18(25(28,29)30)21(20)24(36,23(33)35)17-6-5-15(26)11-19(17)27;/h5-6,9-11,13,16,36H,3-4,7-8,12H2,1-2H3,(H2,31,34);1H. The fraction of sp³-hybridized carbons (Fsp3) is 0.440. The third-order valence-corrected chi connectivity index (χ3v) is 7.76. The first-order valence-corrected chi connectivity index (χ1v) is 12.4. The maximum Gasteiger partial charge on any atom is 0.416 e. The van der Waals surface area contributed by atoms with Crippen LogP contribution in [0, 0.1) is 5.92 Å². The fourth-order valence-corrected chi connectivity index (χ4v) is 5.90. The quantitative estimate of drug-likeness (QED) is 0.469. The molecule has 2 amide bonds.